The third-order valence-corrected chi connectivity index (χ3v) is 6.29. The topological polar surface area (TPSA) is 66.0 Å². The van der Waals surface area contributed by atoms with Crippen molar-refractivity contribution in [3.8, 4) is 0 Å². The number of aromatic nitrogens is 3. The zero-order valence-corrected chi connectivity index (χ0v) is 17.7. The van der Waals surface area contributed by atoms with Crippen LogP contribution in [0, 0.1) is 6.92 Å². The Morgan fingerprint density at radius 1 is 0.900 bits per heavy atom. The zero-order valence-electron chi connectivity index (χ0n) is 16.9. The van der Waals surface area contributed by atoms with Crippen LogP contribution in [-0.2, 0) is 0 Å². The minimum Gasteiger partial charge on any atom is -0.372 e. The first kappa shape index (κ1) is 18.8. The van der Waals surface area contributed by atoms with Gasteiger partial charge in [-0.1, -0.05) is 23.5 Å². The number of anilines is 5. The molecule has 0 aliphatic carbocycles. The molecule has 0 spiro atoms. The van der Waals surface area contributed by atoms with Crippen molar-refractivity contribution in [2.75, 3.05) is 28.6 Å². The molecule has 0 amide bonds. The number of rotatable bonds is 5. The Hall–Kier alpha value is -3.19. The normalized spacial score (nSPS) is 14.1. The molecule has 6 nitrogen and oxygen atoms in total. The molecule has 3 heterocycles. The van der Waals surface area contributed by atoms with Gasteiger partial charge in [-0.3, -0.25) is 0 Å². The van der Waals surface area contributed by atoms with Crippen molar-refractivity contribution in [1.82, 2.24) is 15.0 Å². The number of hydrogen-bond acceptors (Lipinski definition) is 7. The fourth-order valence-corrected chi connectivity index (χ4v) is 4.56. The van der Waals surface area contributed by atoms with Crippen LogP contribution in [0.1, 0.15) is 24.8 Å². The van der Waals surface area contributed by atoms with E-state index in [1.54, 1.807) is 11.3 Å². The van der Waals surface area contributed by atoms with E-state index in [0.717, 1.165) is 45.5 Å². The van der Waals surface area contributed by atoms with E-state index in [2.05, 4.69) is 60.8 Å². The molecule has 0 radical (unpaired) electrons. The average molecular weight is 417 g/mol. The highest BCUT2D eigenvalue weighted by Gasteiger charge is 2.11. The van der Waals surface area contributed by atoms with E-state index in [1.807, 2.05) is 31.3 Å². The Balaban J connectivity index is 1.31. The second kappa shape index (κ2) is 8.28. The standard InChI is InChI=1S/C23H24N6S/c1-16-15-24-22(25-17-9-11-18(12-10-17)29-13-5-2-6-14-29)27-21(16)28-23-26-19-7-3-4-8-20(19)30-23/h3-4,7-12,15H,2,5-6,13-14H2,1H3,(H2,24,25,26,27,28). The van der Waals surface area contributed by atoms with Gasteiger partial charge in [0.15, 0.2) is 5.13 Å². The molecular weight excluding hydrogens is 392 g/mol. The maximum atomic E-state index is 4.67. The highest BCUT2D eigenvalue weighted by Crippen LogP contribution is 2.29. The van der Waals surface area contributed by atoms with Crippen molar-refractivity contribution < 1.29 is 0 Å². The van der Waals surface area contributed by atoms with Crippen LogP contribution in [0.3, 0.4) is 0 Å². The molecule has 1 saturated heterocycles. The van der Waals surface area contributed by atoms with Crippen molar-refractivity contribution in [3.63, 3.8) is 0 Å². The molecule has 1 aliphatic heterocycles. The van der Waals surface area contributed by atoms with Gasteiger partial charge in [-0.25, -0.2) is 9.97 Å². The molecule has 1 fully saturated rings. The lowest BCUT2D eigenvalue weighted by Crippen LogP contribution is -2.29. The number of aryl methyl sites for hydroxylation is 1. The molecule has 7 heteroatoms. The van der Waals surface area contributed by atoms with Crippen LogP contribution in [0.5, 0.6) is 0 Å². The highest BCUT2D eigenvalue weighted by atomic mass is 32.1. The molecular formula is C23H24N6S. The summed E-state index contributed by atoms with van der Waals surface area (Å²) in [6.07, 6.45) is 5.73. The van der Waals surface area contributed by atoms with E-state index in [1.165, 1.54) is 24.9 Å². The van der Waals surface area contributed by atoms with E-state index >= 15 is 0 Å². The Kier molecular flexibility index (Phi) is 5.19. The SMILES string of the molecule is Cc1cnc(Nc2ccc(N3CCCCC3)cc2)nc1Nc1nc2ccccc2s1. The summed E-state index contributed by atoms with van der Waals surface area (Å²) >= 11 is 1.62. The van der Waals surface area contributed by atoms with Crippen molar-refractivity contribution in [2.24, 2.45) is 0 Å². The molecule has 5 rings (SSSR count). The Labute approximate surface area is 180 Å². The zero-order chi connectivity index (χ0) is 20.3. The number of para-hydroxylation sites is 1. The maximum absolute atomic E-state index is 4.67. The molecule has 0 atom stereocenters. The molecule has 2 aromatic heterocycles. The van der Waals surface area contributed by atoms with Crippen molar-refractivity contribution in [3.05, 3.63) is 60.3 Å². The van der Waals surface area contributed by atoms with Gasteiger partial charge in [0.2, 0.25) is 5.95 Å². The number of thiazole rings is 1. The minimum atomic E-state index is 0.565. The summed E-state index contributed by atoms with van der Waals surface area (Å²) in [5, 5.41) is 7.49. The van der Waals surface area contributed by atoms with Gasteiger partial charge in [0.25, 0.3) is 0 Å². The Morgan fingerprint density at radius 2 is 1.70 bits per heavy atom. The molecule has 152 valence electrons. The summed E-state index contributed by atoms with van der Waals surface area (Å²) in [6.45, 7) is 4.29. The average Bonchev–Trinajstić information content (AvgIpc) is 3.20. The quantitative estimate of drug-likeness (QED) is 0.424. The van der Waals surface area contributed by atoms with Gasteiger partial charge in [-0.2, -0.15) is 4.98 Å². The first-order valence-electron chi connectivity index (χ1n) is 10.3. The molecule has 2 aromatic carbocycles. The number of hydrogen-bond donors (Lipinski definition) is 2. The third-order valence-electron chi connectivity index (χ3n) is 5.34. The highest BCUT2D eigenvalue weighted by molar-refractivity contribution is 7.22. The van der Waals surface area contributed by atoms with Crippen LogP contribution in [0.25, 0.3) is 10.2 Å². The first-order valence-corrected chi connectivity index (χ1v) is 11.1. The Morgan fingerprint density at radius 3 is 2.50 bits per heavy atom. The smallest absolute Gasteiger partial charge is 0.229 e. The minimum absolute atomic E-state index is 0.565. The van der Waals surface area contributed by atoms with Crippen LogP contribution in [0.15, 0.2) is 54.7 Å². The summed E-state index contributed by atoms with van der Waals surface area (Å²) in [4.78, 5) is 16.2. The van der Waals surface area contributed by atoms with Crippen molar-refractivity contribution in [1.29, 1.82) is 0 Å². The van der Waals surface area contributed by atoms with Crippen LogP contribution in [0.4, 0.5) is 28.3 Å². The van der Waals surface area contributed by atoms with Gasteiger partial charge in [-0.15, -0.1) is 0 Å². The number of fused-ring (bicyclic) bond motifs is 1. The second-order valence-electron chi connectivity index (χ2n) is 7.56. The molecule has 0 bridgehead atoms. The van der Waals surface area contributed by atoms with Gasteiger partial charge in [0.1, 0.15) is 5.82 Å². The van der Waals surface area contributed by atoms with Gasteiger partial charge >= 0.3 is 0 Å². The monoisotopic (exact) mass is 416 g/mol. The molecule has 4 aromatic rings. The fraction of sp³-hybridized carbons (Fsp3) is 0.261. The fourth-order valence-electron chi connectivity index (χ4n) is 3.69. The number of nitrogens with one attached hydrogen (secondary N) is 2. The van der Waals surface area contributed by atoms with Crippen LogP contribution >= 0.6 is 11.3 Å². The lowest BCUT2D eigenvalue weighted by atomic mass is 10.1. The summed E-state index contributed by atoms with van der Waals surface area (Å²) in [6, 6.07) is 16.6. The van der Waals surface area contributed by atoms with Crippen LogP contribution in [-0.4, -0.2) is 28.0 Å². The molecule has 0 saturated carbocycles. The first-order chi connectivity index (χ1) is 14.7. The van der Waals surface area contributed by atoms with Gasteiger partial charge in [0, 0.05) is 36.2 Å². The Bertz CT molecular complexity index is 1120. The molecule has 2 N–H and O–H groups in total. The summed E-state index contributed by atoms with van der Waals surface area (Å²) < 4.78 is 1.15. The van der Waals surface area contributed by atoms with E-state index in [0.29, 0.717) is 5.95 Å². The van der Waals surface area contributed by atoms with E-state index in [9.17, 15) is 0 Å². The van der Waals surface area contributed by atoms with E-state index in [-0.39, 0.29) is 0 Å². The predicted molar refractivity (Wildman–Crippen MR) is 125 cm³/mol. The van der Waals surface area contributed by atoms with Gasteiger partial charge in [0.05, 0.1) is 10.2 Å². The van der Waals surface area contributed by atoms with Crippen LogP contribution < -0.4 is 15.5 Å². The van der Waals surface area contributed by atoms with Crippen molar-refractivity contribution >= 4 is 49.8 Å². The lowest BCUT2D eigenvalue weighted by molar-refractivity contribution is 0.578. The third kappa shape index (κ3) is 4.07. The van der Waals surface area contributed by atoms with E-state index < -0.39 is 0 Å². The second-order valence-corrected chi connectivity index (χ2v) is 8.59. The van der Waals surface area contributed by atoms with Crippen LogP contribution in [0.2, 0.25) is 0 Å². The summed E-state index contributed by atoms with van der Waals surface area (Å²) in [7, 11) is 0. The molecule has 0 unspecified atom stereocenters. The van der Waals surface area contributed by atoms with Crippen molar-refractivity contribution in [2.45, 2.75) is 26.2 Å². The number of benzene rings is 2. The maximum Gasteiger partial charge on any atom is 0.229 e. The largest absolute Gasteiger partial charge is 0.372 e. The molecule has 1 aliphatic rings. The number of piperidine rings is 1. The summed E-state index contributed by atoms with van der Waals surface area (Å²) in [5.41, 5.74) is 4.22. The number of nitrogens with zero attached hydrogens (tertiary/aromatic N) is 4. The predicted octanol–water partition coefficient (Wildman–Crippen LogP) is 5.87. The molecule has 30 heavy (non-hydrogen) atoms. The van der Waals surface area contributed by atoms with Gasteiger partial charge in [-0.05, 0) is 62.6 Å². The van der Waals surface area contributed by atoms with E-state index in [4.69, 9.17) is 0 Å². The lowest BCUT2D eigenvalue weighted by Gasteiger charge is -2.28. The summed E-state index contributed by atoms with van der Waals surface area (Å²) in [5.74, 6) is 1.33. The van der Waals surface area contributed by atoms with Gasteiger partial charge < -0.3 is 15.5 Å².